The summed E-state index contributed by atoms with van der Waals surface area (Å²) in [5.74, 6) is 0.635. The molecule has 1 fully saturated rings. The predicted molar refractivity (Wildman–Crippen MR) is 104 cm³/mol. The zero-order valence-electron chi connectivity index (χ0n) is 15.4. The Morgan fingerprint density at radius 3 is 2.50 bits per heavy atom. The van der Waals surface area contributed by atoms with Gasteiger partial charge in [-0.15, -0.1) is 0 Å². The van der Waals surface area contributed by atoms with E-state index >= 15 is 0 Å². The van der Waals surface area contributed by atoms with Gasteiger partial charge in [0.15, 0.2) is 0 Å². The van der Waals surface area contributed by atoms with Gasteiger partial charge in [-0.3, -0.25) is 9.78 Å². The Hall–Kier alpha value is -2.60. The first-order chi connectivity index (χ1) is 12.7. The molecule has 1 aliphatic rings. The molecule has 0 unspecified atom stereocenters. The van der Waals surface area contributed by atoms with Crippen LogP contribution in [0.25, 0.3) is 0 Å². The molecule has 0 spiro atoms. The van der Waals surface area contributed by atoms with Gasteiger partial charge in [0.25, 0.3) is 5.91 Å². The van der Waals surface area contributed by atoms with E-state index in [0.717, 1.165) is 49.8 Å². The highest BCUT2D eigenvalue weighted by Crippen LogP contribution is 2.19. The Labute approximate surface area is 154 Å². The molecular formula is C20H26N4O2. The molecule has 0 aliphatic carbocycles. The number of hydrogen-bond acceptors (Lipinski definition) is 5. The summed E-state index contributed by atoms with van der Waals surface area (Å²) < 4.78 is 5.42. The number of ether oxygens (including phenoxy) is 1. The Balaban J connectivity index is 1.64. The van der Waals surface area contributed by atoms with E-state index in [4.69, 9.17) is 4.74 Å². The molecule has 1 saturated heterocycles. The maximum atomic E-state index is 12.5. The number of rotatable bonds is 6. The molecule has 138 valence electrons. The van der Waals surface area contributed by atoms with Crippen molar-refractivity contribution in [3.05, 3.63) is 48.3 Å². The van der Waals surface area contributed by atoms with Crippen molar-refractivity contribution in [1.29, 1.82) is 0 Å². The Kier molecular flexibility index (Phi) is 6.07. The van der Waals surface area contributed by atoms with Gasteiger partial charge in [-0.2, -0.15) is 0 Å². The summed E-state index contributed by atoms with van der Waals surface area (Å²) in [5, 5.41) is 2.91. The van der Waals surface area contributed by atoms with Gasteiger partial charge >= 0.3 is 0 Å². The average molecular weight is 354 g/mol. The van der Waals surface area contributed by atoms with Gasteiger partial charge in [0, 0.05) is 38.1 Å². The van der Waals surface area contributed by atoms with Crippen LogP contribution in [-0.4, -0.2) is 55.1 Å². The number of nitrogens with one attached hydrogen (secondary N) is 1. The van der Waals surface area contributed by atoms with E-state index in [-0.39, 0.29) is 5.91 Å². The topological polar surface area (TPSA) is 57.7 Å². The standard InChI is InChI=1S/C20H26N4O2/c1-3-23-9-11-24(12-10-23)18-13-16(14-21-15-18)20(25)22-17-5-7-19(8-6-17)26-4-2/h5-8,13-15H,3-4,9-12H2,1-2H3,(H,22,25). The van der Waals surface area contributed by atoms with Crippen LogP contribution in [-0.2, 0) is 0 Å². The van der Waals surface area contributed by atoms with Crippen LogP contribution >= 0.6 is 0 Å². The van der Waals surface area contributed by atoms with Crippen LogP contribution in [0.15, 0.2) is 42.7 Å². The lowest BCUT2D eigenvalue weighted by molar-refractivity contribution is 0.102. The third-order valence-corrected chi connectivity index (χ3v) is 4.59. The van der Waals surface area contributed by atoms with Gasteiger partial charge in [-0.05, 0) is 43.8 Å². The zero-order valence-corrected chi connectivity index (χ0v) is 15.4. The quantitative estimate of drug-likeness (QED) is 0.864. The number of hydrogen-bond donors (Lipinski definition) is 1. The zero-order chi connectivity index (χ0) is 18.4. The highest BCUT2D eigenvalue weighted by Gasteiger charge is 2.17. The number of piperazine rings is 1. The van der Waals surface area contributed by atoms with Crippen molar-refractivity contribution in [2.75, 3.05) is 49.5 Å². The minimum Gasteiger partial charge on any atom is -0.494 e. The van der Waals surface area contributed by atoms with Crippen molar-refractivity contribution in [2.24, 2.45) is 0 Å². The third kappa shape index (κ3) is 4.52. The third-order valence-electron chi connectivity index (χ3n) is 4.59. The fourth-order valence-corrected chi connectivity index (χ4v) is 3.05. The Bertz CT molecular complexity index is 725. The minimum atomic E-state index is -0.157. The van der Waals surface area contributed by atoms with Gasteiger partial charge in [0.2, 0.25) is 0 Å². The maximum Gasteiger partial charge on any atom is 0.257 e. The van der Waals surface area contributed by atoms with Crippen LogP contribution in [0.3, 0.4) is 0 Å². The summed E-state index contributed by atoms with van der Waals surface area (Å²) in [6, 6.07) is 9.29. The number of carbonyl (C=O) groups is 1. The summed E-state index contributed by atoms with van der Waals surface area (Å²) in [4.78, 5) is 21.5. The number of aromatic nitrogens is 1. The van der Waals surface area contributed by atoms with E-state index < -0.39 is 0 Å². The predicted octanol–water partition coefficient (Wildman–Crippen LogP) is 2.87. The number of benzene rings is 1. The number of pyridine rings is 1. The number of nitrogens with zero attached hydrogens (tertiary/aromatic N) is 3. The van der Waals surface area contributed by atoms with E-state index in [2.05, 4.69) is 27.0 Å². The summed E-state index contributed by atoms with van der Waals surface area (Å²) in [5.41, 5.74) is 2.30. The molecule has 1 aliphatic heterocycles. The molecule has 0 bridgehead atoms. The fraction of sp³-hybridized carbons (Fsp3) is 0.400. The molecule has 1 amide bonds. The first-order valence-electron chi connectivity index (χ1n) is 9.16. The molecule has 6 heteroatoms. The first-order valence-corrected chi connectivity index (χ1v) is 9.16. The lowest BCUT2D eigenvalue weighted by atomic mass is 10.2. The van der Waals surface area contributed by atoms with E-state index in [1.807, 2.05) is 43.5 Å². The molecule has 0 atom stereocenters. The fourth-order valence-electron chi connectivity index (χ4n) is 3.05. The summed E-state index contributed by atoms with van der Waals surface area (Å²) in [7, 11) is 0. The second-order valence-electron chi connectivity index (χ2n) is 6.26. The normalized spacial score (nSPS) is 14.9. The Morgan fingerprint density at radius 2 is 1.85 bits per heavy atom. The molecule has 0 radical (unpaired) electrons. The minimum absolute atomic E-state index is 0.157. The van der Waals surface area contributed by atoms with Crippen LogP contribution in [0.5, 0.6) is 5.75 Å². The van der Waals surface area contributed by atoms with Crippen molar-refractivity contribution in [2.45, 2.75) is 13.8 Å². The molecule has 3 rings (SSSR count). The first kappa shape index (κ1) is 18.2. The Morgan fingerprint density at radius 1 is 1.12 bits per heavy atom. The average Bonchev–Trinajstić information content (AvgIpc) is 2.70. The van der Waals surface area contributed by atoms with Crippen molar-refractivity contribution in [3.8, 4) is 5.75 Å². The molecule has 1 aromatic carbocycles. The van der Waals surface area contributed by atoms with Gasteiger partial charge in [0.1, 0.15) is 5.75 Å². The molecule has 26 heavy (non-hydrogen) atoms. The van der Waals surface area contributed by atoms with E-state index in [1.54, 1.807) is 6.20 Å². The monoisotopic (exact) mass is 354 g/mol. The largest absolute Gasteiger partial charge is 0.494 e. The van der Waals surface area contributed by atoms with E-state index in [9.17, 15) is 4.79 Å². The van der Waals surface area contributed by atoms with Crippen molar-refractivity contribution >= 4 is 17.3 Å². The number of likely N-dealkylation sites (N-methyl/N-ethyl adjacent to an activating group) is 1. The summed E-state index contributed by atoms with van der Waals surface area (Å²) in [6.07, 6.45) is 3.44. The molecule has 1 N–H and O–H groups in total. The molecule has 6 nitrogen and oxygen atoms in total. The molecular weight excluding hydrogens is 328 g/mol. The second-order valence-corrected chi connectivity index (χ2v) is 6.26. The number of anilines is 2. The van der Waals surface area contributed by atoms with Gasteiger partial charge in [0.05, 0.1) is 24.1 Å². The van der Waals surface area contributed by atoms with E-state index in [1.165, 1.54) is 0 Å². The van der Waals surface area contributed by atoms with Gasteiger partial charge in [-0.25, -0.2) is 0 Å². The number of carbonyl (C=O) groups excluding carboxylic acids is 1. The van der Waals surface area contributed by atoms with Crippen molar-refractivity contribution in [1.82, 2.24) is 9.88 Å². The van der Waals surface area contributed by atoms with Crippen molar-refractivity contribution < 1.29 is 9.53 Å². The van der Waals surface area contributed by atoms with Crippen molar-refractivity contribution in [3.63, 3.8) is 0 Å². The van der Waals surface area contributed by atoms with Crippen LogP contribution < -0.4 is 15.0 Å². The molecule has 1 aromatic heterocycles. The highest BCUT2D eigenvalue weighted by atomic mass is 16.5. The second kappa shape index (κ2) is 8.67. The van der Waals surface area contributed by atoms with Crippen LogP contribution in [0.2, 0.25) is 0 Å². The maximum absolute atomic E-state index is 12.5. The van der Waals surface area contributed by atoms with Gasteiger partial charge < -0.3 is 19.9 Å². The lowest BCUT2D eigenvalue weighted by Gasteiger charge is -2.35. The van der Waals surface area contributed by atoms with Gasteiger partial charge in [-0.1, -0.05) is 6.92 Å². The molecule has 2 heterocycles. The molecule has 2 aromatic rings. The SMILES string of the molecule is CCOc1ccc(NC(=O)c2cncc(N3CCN(CC)CC3)c2)cc1. The van der Waals surface area contributed by atoms with Crippen LogP contribution in [0.4, 0.5) is 11.4 Å². The van der Waals surface area contributed by atoms with E-state index in [0.29, 0.717) is 12.2 Å². The summed E-state index contributed by atoms with van der Waals surface area (Å²) in [6.45, 7) is 9.82. The number of amides is 1. The highest BCUT2D eigenvalue weighted by molar-refractivity contribution is 6.04. The smallest absolute Gasteiger partial charge is 0.257 e. The van der Waals surface area contributed by atoms with Crippen LogP contribution in [0.1, 0.15) is 24.2 Å². The lowest BCUT2D eigenvalue weighted by Crippen LogP contribution is -2.46. The molecule has 0 saturated carbocycles. The van der Waals surface area contributed by atoms with Crippen LogP contribution in [0, 0.1) is 0 Å². The summed E-state index contributed by atoms with van der Waals surface area (Å²) >= 11 is 0.